The number of nitrogens with one attached hydrogen (secondary N) is 2. The molecule has 3 aromatic rings. The molecular weight excluding hydrogens is 330 g/mol. The van der Waals surface area contributed by atoms with Crippen LogP contribution in [0.25, 0.3) is 11.5 Å². The first kappa shape index (κ1) is 17.5. The summed E-state index contributed by atoms with van der Waals surface area (Å²) in [6, 6.07) is 14.7. The number of hydrogen-bond acceptors (Lipinski definition) is 4. The van der Waals surface area contributed by atoms with E-state index < -0.39 is 0 Å². The highest BCUT2D eigenvalue weighted by Gasteiger charge is 2.13. The second kappa shape index (κ2) is 7.74. The molecule has 6 nitrogen and oxygen atoms in total. The lowest BCUT2D eigenvalue weighted by Crippen LogP contribution is -2.28. The number of methoxy groups -OCH3 is 1. The minimum atomic E-state index is -0.310. The van der Waals surface area contributed by atoms with Gasteiger partial charge in [-0.25, -0.2) is 9.78 Å². The quantitative estimate of drug-likeness (QED) is 0.719. The molecule has 1 aromatic heterocycles. The van der Waals surface area contributed by atoms with Gasteiger partial charge in [0.1, 0.15) is 17.2 Å². The van der Waals surface area contributed by atoms with Crippen LogP contribution in [0.2, 0.25) is 0 Å². The van der Waals surface area contributed by atoms with Crippen molar-refractivity contribution in [1.82, 2.24) is 10.3 Å². The van der Waals surface area contributed by atoms with E-state index in [2.05, 4.69) is 15.6 Å². The van der Waals surface area contributed by atoms with Crippen molar-refractivity contribution in [3.05, 3.63) is 65.5 Å². The molecule has 2 N–H and O–H groups in total. The van der Waals surface area contributed by atoms with Crippen molar-refractivity contribution in [3.8, 4) is 17.2 Å². The van der Waals surface area contributed by atoms with E-state index in [1.165, 1.54) is 0 Å². The summed E-state index contributed by atoms with van der Waals surface area (Å²) in [5.41, 5.74) is 3.42. The third-order valence-corrected chi connectivity index (χ3v) is 4.03. The molecule has 134 valence electrons. The van der Waals surface area contributed by atoms with Crippen molar-refractivity contribution in [2.45, 2.75) is 20.4 Å². The van der Waals surface area contributed by atoms with Gasteiger partial charge >= 0.3 is 6.03 Å². The molecule has 26 heavy (non-hydrogen) atoms. The van der Waals surface area contributed by atoms with Crippen LogP contribution in [0.3, 0.4) is 0 Å². The number of aromatic nitrogens is 1. The van der Waals surface area contributed by atoms with E-state index in [-0.39, 0.29) is 12.6 Å². The van der Waals surface area contributed by atoms with Gasteiger partial charge in [-0.3, -0.25) is 0 Å². The number of amides is 2. The van der Waals surface area contributed by atoms with Gasteiger partial charge in [0, 0.05) is 11.3 Å². The molecule has 0 bridgehead atoms. The van der Waals surface area contributed by atoms with Crippen LogP contribution in [0.1, 0.15) is 17.0 Å². The summed E-state index contributed by atoms with van der Waals surface area (Å²) < 4.78 is 10.9. The topological polar surface area (TPSA) is 76.4 Å². The average molecular weight is 351 g/mol. The van der Waals surface area contributed by atoms with Gasteiger partial charge in [0.25, 0.3) is 0 Å². The van der Waals surface area contributed by atoms with E-state index in [1.54, 1.807) is 31.4 Å². The zero-order valence-corrected chi connectivity index (χ0v) is 15.0. The first-order valence-electron chi connectivity index (χ1n) is 8.28. The van der Waals surface area contributed by atoms with Crippen molar-refractivity contribution in [1.29, 1.82) is 0 Å². The standard InChI is InChI=1S/C20H21N3O3/c1-13-6-4-5-7-17(13)19-23-18(14(2)26-19)12-21-20(24)22-15-8-10-16(25-3)11-9-15/h4-11H,12H2,1-3H3,(H2,21,22,24). The van der Waals surface area contributed by atoms with Gasteiger partial charge in [0.15, 0.2) is 0 Å². The Labute approximate surface area is 152 Å². The molecule has 0 spiro atoms. The Balaban J connectivity index is 1.62. The molecule has 0 unspecified atom stereocenters. The highest BCUT2D eigenvalue weighted by Crippen LogP contribution is 2.24. The van der Waals surface area contributed by atoms with Crippen molar-refractivity contribution >= 4 is 11.7 Å². The highest BCUT2D eigenvalue weighted by molar-refractivity contribution is 5.89. The summed E-state index contributed by atoms with van der Waals surface area (Å²) in [6.07, 6.45) is 0. The maximum absolute atomic E-state index is 12.1. The van der Waals surface area contributed by atoms with Gasteiger partial charge in [-0.15, -0.1) is 0 Å². The fourth-order valence-electron chi connectivity index (χ4n) is 2.53. The van der Waals surface area contributed by atoms with E-state index in [0.29, 0.717) is 23.0 Å². The lowest BCUT2D eigenvalue weighted by atomic mass is 10.1. The molecule has 2 aromatic carbocycles. The number of carbonyl (C=O) groups excluding carboxylic acids is 1. The molecule has 0 fully saturated rings. The summed E-state index contributed by atoms with van der Waals surface area (Å²) in [5, 5.41) is 5.56. The van der Waals surface area contributed by atoms with Crippen molar-refractivity contribution in [3.63, 3.8) is 0 Å². The van der Waals surface area contributed by atoms with Gasteiger partial charge in [-0.1, -0.05) is 18.2 Å². The van der Waals surface area contributed by atoms with Gasteiger partial charge < -0.3 is 19.8 Å². The number of carbonyl (C=O) groups is 1. The normalized spacial score (nSPS) is 10.4. The van der Waals surface area contributed by atoms with Gasteiger partial charge in [-0.2, -0.15) is 0 Å². The predicted molar refractivity (Wildman–Crippen MR) is 100 cm³/mol. The molecule has 0 radical (unpaired) electrons. The van der Waals surface area contributed by atoms with E-state index in [9.17, 15) is 4.79 Å². The molecule has 0 atom stereocenters. The van der Waals surface area contributed by atoms with Crippen molar-refractivity contribution in [2.75, 3.05) is 12.4 Å². The number of nitrogens with zero attached hydrogens (tertiary/aromatic N) is 1. The summed E-state index contributed by atoms with van der Waals surface area (Å²) >= 11 is 0. The number of anilines is 1. The molecule has 2 amide bonds. The summed E-state index contributed by atoms with van der Waals surface area (Å²) in [7, 11) is 1.60. The molecule has 0 aliphatic heterocycles. The average Bonchev–Trinajstić information content (AvgIpc) is 3.01. The van der Waals surface area contributed by atoms with Crippen LogP contribution in [0.15, 0.2) is 52.9 Å². The Hall–Kier alpha value is -3.28. The zero-order valence-electron chi connectivity index (χ0n) is 15.0. The number of rotatable bonds is 5. The lowest BCUT2D eigenvalue weighted by Gasteiger charge is -2.07. The van der Waals surface area contributed by atoms with Crippen LogP contribution < -0.4 is 15.4 Å². The molecular formula is C20H21N3O3. The first-order chi connectivity index (χ1) is 12.6. The summed E-state index contributed by atoms with van der Waals surface area (Å²) in [6.45, 7) is 4.13. The van der Waals surface area contributed by atoms with E-state index in [1.807, 2.05) is 38.1 Å². The van der Waals surface area contributed by atoms with Gasteiger partial charge in [0.05, 0.1) is 13.7 Å². The highest BCUT2D eigenvalue weighted by atomic mass is 16.5. The third kappa shape index (κ3) is 4.03. The molecule has 6 heteroatoms. The van der Waals surface area contributed by atoms with E-state index in [0.717, 1.165) is 16.9 Å². The second-order valence-electron chi connectivity index (χ2n) is 5.87. The van der Waals surface area contributed by atoms with Crippen LogP contribution in [-0.2, 0) is 6.54 Å². The number of benzene rings is 2. The molecule has 0 saturated carbocycles. The minimum absolute atomic E-state index is 0.281. The Morgan fingerprint density at radius 3 is 2.54 bits per heavy atom. The number of ether oxygens (including phenoxy) is 1. The predicted octanol–water partition coefficient (Wildman–Crippen LogP) is 4.29. The van der Waals surface area contributed by atoms with E-state index >= 15 is 0 Å². The third-order valence-electron chi connectivity index (χ3n) is 4.03. The van der Waals surface area contributed by atoms with Crippen LogP contribution in [0, 0.1) is 13.8 Å². The second-order valence-corrected chi connectivity index (χ2v) is 5.87. The van der Waals surface area contributed by atoms with Crippen LogP contribution in [-0.4, -0.2) is 18.1 Å². The maximum atomic E-state index is 12.1. The molecule has 0 saturated heterocycles. The molecule has 0 aliphatic rings. The van der Waals surface area contributed by atoms with Crippen molar-refractivity contribution in [2.24, 2.45) is 0 Å². The van der Waals surface area contributed by atoms with Crippen LogP contribution in [0.5, 0.6) is 5.75 Å². The number of urea groups is 1. The van der Waals surface area contributed by atoms with Crippen LogP contribution >= 0.6 is 0 Å². The number of oxazole rings is 1. The smallest absolute Gasteiger partial charge is 0.319 e. The molecule has 0 aliphatic carbocycles. The van der Waals surface area contributed by atoms with Crippen LogP contribution in [0.4, 0.5) is 10.5 Å². The molecule has 1 heterocycles. The maximum Gasteiger partial charge on any atom is 0.319 e. The van der Waals surface area contributed by atoms with Crippen molar-refractivity contribution < 1.29 is 13.9 Å². The minimum Gasteiger partial charge on any atom is -0.497 e. The Morgan fingerprint density at radius 1 is 1.12 bits per heavy atom. The fourth-order valence-corrected chi connectivity index (χ4v) is 2.53. The monoisotopic (exact) mass is 351 g/mol. The zero-order chi connectivity index (χ0) is 18.5. The van der Waals surface area contributed by atoms with E-state index in [4.69, 9.17) is 9.15 Å². The molecule has 3 rings (SSSR count). The largest absolute Gasteiger partial charge is 0.497 e. The number of hydrogen-bond donors (Lipinski definition) is 2. The SMILES string of the molecule is COc1ccc(NC(=O)NCc2nc(-c3ccccc3C)oc2C)cc1. The van der Waals surface area contributed by atoms with Gasteiger partial charge in [0.2, 0.25) is 5.89 Å². The Bertz CT molecular complexity index is 901. The Morgan fingerprint density at radius 2 is 1.85 bits per heavy atom. The first-order valence-corrected chi connectivity index (χ1v) is 8.28. The summed E-state index contributed by atoms with van der Waals surface area (Å²) in [5.74, 6) is 1.99. The Kier molecular flexibility index (Phi) is 5.22. The van der Waals surface area contributed by atoms with Gasteiger partial charge in [-0.05, 0) is 49.7 Å². The number of aryl methyl sites for hydroxylation is 2. The fraction of sp³-hybridized carbons (Fsp3) is 0.200. The summed E-state index contributed by atoms with van der Waals surface area (Å²) in [4.78, 5) is 16.6. The lowest BCUT2D eigenvalue weighted by molar-refractivity contribution is 0.251.